The normalized spacial score (nSPS) is 17.5. The van der Waals surface area contributed by atoms with Crippen LogP contribution in [0.4, 0.5) is 5.82 Å². The number of likely N-dealkylation sites (N-methyl/N-ethyl adjacent to an activating group) is 1. The fraction of sp³-hybridized carbons (Fsp3) is 0.423. The van der Waals surface area contributed by atoms with Gasteiger partial charge in [0.1, 0.15) is 12.4 Å². The Bertz CT molecular complexity index is 1170. The third-order valence-electron chi connectivity index (χ3n) is 6.87. The van der Waals surface area contributed by atoms with Gasteiger partial charge in [0.05, 0.1) is 13.3 Å². The summed E-state index contributed by atoms with van der Waals surface area (Å²) in [4.78, 5) is 9.75. The second-order valence-electron chi connectivity index (χ2n) is 9.84. The van der Waals surface area contributed by atoms with E-state index in [1.807, 2.05) is 6.07 Å². The van der Waals surface area contributed by atoms with Crippen molar-refractivity contribution >= 4 is 5.82 Å². The first kappa shape index (κ1) is 21.6. The van der Waals surface area contributed by atoms with Gasteiger partial charge in [-0.2, -0.15) is 10.1 Å². The van der Waals surface area contributed by atoms with Gasteiger partial charge in [0.25, 0.3) is 0 Å². The van der Waals surface area contributed by atoms with E-state index >= 15 is 0 Å². The van der Waals surface area contributed by atoms with Crippen molar-refractivity contribution < 1.29 is 9.47 Å². The summed E-state index contributed by atoms with van der Waals surface area (Å²) in [5.74, 6) is 2.21. The topological polar surface area (TPSA) is 63.6 Å². The summed E-state index contributed by atoms with van der Waals surface area (Å²) in [5.41, 5.74) is 5.53. The second-order valence-corrected chi connectivity index (χ2v) is 9.84. The Morgan fingerprint density at radius 3 is 2.70 bits per heavy atom. The molecule has 33 heavy (non-hydrogen) atoms. The molecule has 4 heterocycles. The monoisotopic (exact) mass is 445 g/mol. The van der Waals surface area contributed by atoms with Gasteiger partial charge in [-0.15, -0.1) is 5.10 Å². The van der Waals surface area contributed by atoms with Gasteiger partial charge in [-0.25, -0.2) is 0 Å². The predicted octanol–water partition coefficient (Wildman–Crippen LogP) is 4.42. The smallest absolute Gasteiger partial charge is 0.233 e. The number of anilines is 1. The van der Waals surface area contributed by atoms with Crippen LogP contribution in [0.1, 0.15) is 32.8 Å². The molecule has 2 aliphatic heterocycles. The molecule has 5 rings (SSSR count). The Balaban J connectivity index is 1.38. The minimum atomic E-state index is 0.160. The van der Waals surface area contributed by atoms with E-state index in [2.05, 4.69) is 78.1 Å². The zero-order valence-electron chi connectivity index (χ0n) is 20.0. The number of benzene rings is 1. The second kappa shape index (κ2) is 8.30. The number of methoxy groups -OCH3 is 1. The molecule has 7 heteroatoms. The summed E-state index contributed by atoms with van der Waals surface area (Å²) < 4.78 is 11.3. The van der Waals surface area contributed by atoms with Crippen molar-refractivity contribution in [3.63, 3.8) is 0 Å². The standard InChI is InChI=1S/C26H31N5O2/c1-26(2,3)30(4)20-10-11-31(15-20)23-9-8-22-21-7-6-17(12-19(21)16-33-25(22)28-23)18-13-24(32-5)29-27-14-18/h6-9,12-14,20H,10-11,15-16H2,1-5H3/t20-/m0/s1. The number of aromatic nitrogens is 3. The number of ether oxygens (including phenoxy) is 2. The van der Waals surface area contributed by atoms with Gasteiger partial charge in [0, 0.05) is 41.9 Å². The molecule has 2 aromatic heterocycles. The van der Waals surface area contributed by atoms with Crippen molar-refractivity contribution in [1.82, 2.24) is 20.1 Å². The molecule has 0 aliphatic carbocycles. The summed E-state index contributed by atoms with van der Waals surface area (Å²) in [5, 5.41) is 7.99. The summed E-state index contributed by atoms with van der Waals surface area (Å²) in [7, 11) is 3.82. The van der Waals surface area contributed by atoms with E-state index in [9.17, 15) is 0 Å². The number of hydrogen-bond acceptors (Lipinski definition) is 7. The molecule has 0 spiro atoms. The Morgan fingerprint density at radius 2 is 1.91 bits per heavy atom. The fourth-order valence-electron chi connectivity index (χ4n) is 4.64. The lowest BCUT2D eigenvalue weighted by Gasteiger charge is -2.37. The Kier molecular flexibility index (Phi) is 5.44. The molecule has 1 saturated heterocycles. The molecule has 0 radical (unpaired) electrons. The van der Waals surface area contributed by atoms with Crippen molar-refractivity contribution in [3.8, 4) is 34.0 Å². The Hall–Kier alpha value is -3.19. The third kappa shape index (κ3) is 4.13. The highest BCUT2D eigenvalue weighted by atomic mass is 16.5. The zero-order chi connectivity index (χ0) is 23.2. The summed E-state index contributed by atoms with van der Waals surface area (Å²) >= 11 is 0. The highest BCUT2D eigenvalue weighted by Gasteiger charge is 2.32. The Morgan fingerprint density at radius 1 is 1.09 bits per heavy atom. The largest absolute Gasteiger partial charge is 0.480 e. The number of nitrogens with zero attached hydrogens (tertiary/aromatic N) is 5. The molecule has 0 N–H and O–H groups in total. The molecule has 1 aromatic carbocycles. The van der Waals surface area contributed by atoms with Gasteiger partial charge in [-0.3, -0.25) is 4.90 Å². The number of fused-ring (bicyclic) bond motifs is 3. The van der Waals surface area contributed by atoms with Crippen LogP contribution in [0.25, 0.3) is 22.3 Å². The lowest BCUT2D eigenvalue weighted by molar-refractivity contribution is 0.127. The molecule has 0 amide bonds. The lowest BCUT2D eigenvalue weighted by atomic mass is 9.95. The van der Waals surface area contributed by atoms with Crippen LogP contribution < -0.4 is 14.4 Å². The van der Waals surface area contributed by atoms with Crippen molar-refractivity contribution in [3.05, 3.63) is 48.2 Å². The van der Waals surface area contributed by atoms with Crippen LogP contribution in [0.3, 0.4) is 0 Å². The molecule has 0 unspecified atom stereocenters. The SMILES string of the molecule is COc1cc(-c2ccc3c(c2)COc2nc(N4CC[C@H](N(C)C(C)(C)C)C4)ccc2-3)cnn1. The highest BCUT2D eigenvalue weighted by Crippen LogP contribution is 2.39. The van der Waals surface area contributed by atoms with Gasteiger partial charge >= 0.3 is 0 Å². The van der Waals surface area contributed by atoms with Gasteiger partial charge in [-0.05, 0) is 69.1 Å². The average Bonchev–Trinajstić information content (AvgIpc) is 3.32. The van der Waals surface area contributed by atoms with Crippen LogP contribution in [0.2, 0.25) is 0 Å². The minimum absolute atomic E-state index is 0.160. The van der Waals surface area contributed by atoms with E-state index < -0.39 is 0 Å². The van der Waals surface area contributed by atoms with Gasteiger partial charge in [0.2, 0.25) is 11.8 Å². The van der Waals surface area contributed by atoms with Gasteiger partial charge in [0.15, 0.2) is 0 Å². The van der Waals surface area contributed by atoms with E-state index in [4.69, 9.17) is 14.5 Å². The summed E-state index contributed by atoms with van der Waals surface area (Å²) in [6, 6.07) is 13.1. The summed E-state index contributed by atoms with van der Waals surface area (Å²) in [6.45, 7) is 9.31. The minimum Gasteiger partial charge on any atom is -0.480 e. The molecule has 1 fully saturated rings. The molecular formula is C26H31N5O2. The third-order valence-corrected chi connectivity index (χ3v) is 6.87. The first-order chi connectivity index (χ1) is 15.8. The molecule has 0 bridgehead atoms. The van der Waals surface area contributed by atoms with E-state index in [0.717, 1.165) is 47.6 Å². The van der Waals surface area contributed by atoms with Crippen LogP contribution in [-0.2, 0) is 6.61 Å². The average molecular weight is 446 g/mol. The number of rotatable bonds is 4. The van der Waals surface area contributed by atoms with Gasteiger partial charge in [-0.1, -0.05) is 12.1 Å². The highest BCUT2D eigenvalue weighted by molar-refractivity contribution is 5.78. The molecular weight excluding hydrogens is 414 g/mol. The van der Waals surface area contributed by atoms with Crippen LogP contribution in [0.5, 0.6) is 11.8 Å². The molecule has 7 nitrogen and oxygen atoms in total. The maximum atomic E-state index is 6.11. The van der Waals surface area contributed by atoms with Crippen LogP contribution in [0, 0.1) is 0 Å². The zero-order valence-corrected chi connectivity index (χ0v) is 20.0. The van der Waals surface area contributed by atoms with Crippen molar-refractivity contribution in [2.75, 3.05) is 32.1 Å². The van der Waals surface area contributed by atoms with Crippen molar-refractivity contribution in [2.24, 2.45) is 0 Å². The van der Waals surface area contributed by atoms with E-state index in [-0.39, 0.29) is 5.54 Å². The lowest BCUT2D eigenvalue weighted by Crippen LogP contribution is -2.46. The van der Waals surface area contributed by atoms with E-state index in [1.165, 1.54) is 5.56 Å². The molecule has 1 atom stereocenters. The van der Waals surface area contributed by atoms with E-state index in [1.54, 1.807) is 13.3 Å². The molecule has 3 aromatic rings. The summed E-state index contributed by atoms with van der Waals surface area (Å²) in [6.07, 6.45) is 2.89. The van der Waals surface area contributed by atoms with E-state index in [0.29, 0.717) is 24.4 Å². The van der Waals surface area contributed by atoms with Crippen LogP contribution in [-0.4, -0.2) is 58.9 Å². The molecule has 172 valence electrons. The number of hydrogen-bond donors (Lipinski definition) is 0. The maximum absolute atomic E-state index is 6.11. The predicted molar refractivity (Wildman–Crippen MR) is 130 cm³/mol. The first-order valence-electron chi connectivity index (χ1n) is 11.5. The number of pyridine rings is 1. The van der Waals surface area contributed by atoms with Crippen LogP contribution in [0.15, 0.2) is 42.6 Å². The van der Waals surface area contributed by atoms with Gasteiger partial charge < -0.3 is 14.4 Å². The molecule has 0 saturated carbocycles. The van der Waals surface area contributed by atoms with Crippen molar-refractivity contribution in [1.29, 1.82) is 0 Å². The molecule has 2 aliphatic rings. The maximum Gasteiger partial charge on any atom is 0.233 e. The Labute approximate surface area is 195 Å². The van der Waals surface area contributed by atoms with Crippen LogP contribution >= 0.6 is 0 Å². The van der Waals surface area contributed by atoms with Crippen molar-refractivity contribution in [2.45, 2.75) is 45.4 Å². The quantitative estimate of drug-likeness (QED) is 0.589. The fourth-order valence-corrected chi connectivity index (χ4v) is 4.64. The first-order valence-corrected chi connectivity index (χ1v) is 11.5.